The highest BCUT2D eigenvalue weighted by atomic mass is 16.5. The molecular formula is C15H22N2O2. The van der Waals surface area contributed by atoms with Crippen LogP contribution in [0.4, 0.5) is 0 Å². The summed E-state index contributed by atoms with van der Waals surface area (Å²) in [4.78, 5) is 12.0. The number of amides is 1. The molecule has 1 saturated carbocycles. The molecule has 19 heavy (non-hydrogen) atoms. The third kappa shape index (κ3) is 3.47. The Morgan fingerprint density at radius 3 is 2.89 bits per heavy atom. The largest absolute Gasteiger partial charge is 0.496 e. The number of ether oxygens (including phenoxy) is 1. The molecule has 0 saturated heterocycles. The Hall–Kier alpha value is -1.55. The number of hydrogen-bond acceptors (Lipinski definition) is 3. The van der Waals surface area contributed by atoms with Crippen LogP contribution in [0.3, 0.4) is 0 Å². The molecule has 104 valence electrons. The van der Waals surface area contributed by atoms with Gasteiger partial charge < -0.3 is 15.8 Å². The molecule has 3 N–H and O–H groups in total. The van der Waals surface area contributed by atoms with Gasteiger partial charge in [-0.1, -0.05) is 12.1 Å². The van der Waals surface area contributed by atoms with Gasteiger partial charge in [-0.25, -0.2) is 0 Å². The predicted octanol–water partition coefficient (Wildman–Crippen LogP) is 1.75. The monoisotopic (exact) mass is 262 g/mol. The Balaban J connectivity index is 1.90. The lowest BCUT2D eigenvalue weighted by Crippen LogP contribution is -2.30. The van der Waals surface area contributed by atoms with Crippen LogP contribution in [0, 0.1) is 12.8 Å². The van der Waals surface area contributed by atoms with Crippen molar-refractivity contribution in [3.05, 3.63) is 29.3 Å². The summed E-state index contributed by atoms with van der Waals surface area (Å²) in [5.41, 5.74) is 7.98. The van der Waals surface area contributed by atoms with E-state index in [1.54, 1.807) is 7.11 Å². The van der Waals surface area contributed by atoms with Gasteiger partial charge in [0.15, 0.2) is 0 Å². The van der Waals surface area contributed by atoms with Crippen molar-refractivity contribution in [2.45, 2.75) is 38.8 Å². The summed E-state index contributed by atoms with van der Waals surface area (Å²) in [5.74, 6) is 1.06. The predicted molar refractivity (Wildman–Crippen MR) is 74.9 cm³/mol. The molecule has 0 spiro atoms. The molecule has 0 bridgehead atoms. The Morgan fingerprint density at radius 2 is 2.26 bits per heavy atom. The van der Waals surface area contributed by atoms with Crippen molar-refractivity contribution in [1.29, 1.82) is 0 Å². The summed E-state index contributed by atoms with van der Waals surface area (Å²) in [6.07, 6.45) is 2.67. The quantitative estimate of drug-likeness (QED) is 0.869. The van der Waals surface area contributed by atoms with Gasteiger partial charge in [0.05, 0.1) is 7.11 Å². The molecule has 1 aliphatic carbocycles. The fraction of sp³-hybridized carbons (Fsp3) is 0.533. The fourth-order valence-electron chi connectivity index (χ4n) is 2.56. The minimum absolute atomic E-state index is 0.0855. The van der Waals surface area contributed by atoms with Crippen LogP contribution in [0.25, 0.3) is 0 Å². The first-order valence-electron chi connectivity index (χ1n) is 6.77. The lowest BCUT2D eigenvalue weighted by molar-refractivity contribution is -0.125. The molecule has 0 heterocycles. The van der Waals surface area contributed by atoms with E-state index in [4.69, 9.17) is 10.5 Å². The molecule has 4 heteroatoms. The molecule has 1 fully saturated rings. The number of carbonyl (C=O) groups excluding carboxylic acids is 1. The number of aryl methyl sites for hydroxylation is 1. The van der Waals surface area contributed by atoms with Crippen LogP contribution in [0.2, 0.25) is 0 Å². The SMILES string of the molecule is COc1cc(CNC(=O)C2CCC(N)C2)ccc1C. The molecular weight excluding hydrogens is 240 g/mol. The van der Waals surface area contributed by atoms with E-state index in [-0.39, 0.29) is 17.9 Å². The second-order valence-corrected chi connectivity index (χ2v) is 5.29. The number of benzene rings is 1. The summed E-state index contributed by atoms with van der Waals surface area (Å²) in [5, 5.41) is 2.98. The maximum absolute atomic E-state index is 12.0. The van der Waals surface area contributed by atoms with E-state index in [0.717, 1.165) is 36.1 Å². The maximum Gasteiger partial charge on any atom is 0.223 e. The average Bonchev–Trinajstić information content (AvgIpc) is 2.84. The molecule has 0 aliphatic heterocycles. The van der Waals surface area contributed by atoms with Gasteiger partial charge in [0.25, 0.3) is 0 Å². The third-order valence-corrected chi connectivity index (χ3v) is 3.78. The van der Waals surface area contributed by atoms with Crippen LogP contribution in [-0.4, -0.2) is 19.1 Å². The zero-order chi connectivity index (χ0) is 13.8. The van der Waals surface area contributed by atoms with Crippen molar-refractivity contribution in [2.24, 2.45) is 11.7 Å². The van der Waals surface area contributed by atoms with Gasteiger partial charge >= 0.3 is 0 Å². The molecule has 2 rings (SSSR count). The van der Waals surface area contributed by atoms with Crippen LogP contribution < -0.4 is 15.8 Å². The Bertz CT molecular complexity index is 459. The zero-order valence-corrected chi connectivity index (χ0v) is 11.6. The molecule has 1 aromatic rings. The molecule has 2 unspecified atom stereocenters. The first-order valence-corrected chi connectivity index (χ1v) is 6.77. The van der Waals surface area contributed by atoms with Crippen molar-refractivity contribution >= 4 is 5.91 Å². The Kier molecular flexibility index (Phi) is 4.43. The minimum atomic E-state index is 0.0855. The third-order valence-electron chi connectivity index (χ3n) is 3.78. The first kappa shape index (κ1) is 13.9. The van der Waals surface area contributed by atoms with E-state index in [2.05, 4.69) is 5.32 Å². The summed E-state index contributed by atoms with van der Waals surface area (Å²) in [6, 6.07) is 6.18. The van der Waals surface area contributed by atoms with Crippen molar-refractivity contribution in [2.75, 3.05) is 7.11 Å². The van der Waals surface area contributed by atoms with E-state index in [1.165, 1.54) is 0 Å². The van der Waals surface area contributed by atoms with Crippen molar-refractivity contribution < 1.29 is 9.53 Å². The molecule has 4 nitrogen and oxygen atoms in total. The maximum atomic E-state index is 12.0. The van der Waals surface area contributed by atoms with Crippen LogP contribution in [0.15, 0.2) is 18.2 Å². The number of hydrogen-bond donors (Lipinski definition) is 2. The first-order chi connectivity index (χ1) is 9.10. The van der Waals surface area contributed by atoms with Crippen LogP contribution in [0.1, 0.15) is 30.4 Å². The van der Waals surface area contributed by atoms with Crippen LogP contribution in [0.5, 0.6) is 5.75 Å². The second kappa shape index (κ2) is 6.06. The lowest BCUT2D eigenvalue weighted by Gasteiger charge is -2.12. The standard InChI is InChI=1S/C15H22N2O2/c1-10-3-4-11(7-14(10)19-2)9-17-15(18)12-5-6-13(16)8-12/h3-4,7,12-13H,5-6,8-9,16H2,1-2H3,(H,17,18). The molecule has 0 radical (unpaired) electrons. The van der Waals surface area contributed by atoms with Crippen molar-refractivity contribution in [3.8, 4) is 5.75 Å². The highest BCUT2D eigenvalue weighted by Gasteiger charge is 2.27. The zero-order valence-electron chi connectivity index (χ0n) is 11.6. The van der Waals surface area contributed by atoms with Gasteiger partial charge in [-0.05, 0) is 43.4 Å². The highest BCUT2D eigenvalue weighted by Crippen LogP contribution is 2.24. The molecule has 2 atom stereocenters. The van der Waals surface area contributed by atoms with Gasteiger partial charge in [-0.2, -0.15) is 0 Å². The molecule has 0 aromatic heterocycles. The van der Waals surface area contributed by atoms with E-state index < -0.39 is 0 Å². The van der Waals surface area contributed by atoms with Gasteiger partial charge in [0.1, 0.15) is 5.75 Å². The van der Waals surface area contributed by atoms with Crippen LogP contribution >= 0.6 is 0 Å². The van der Waals surface area contributed by atoms with Gasteiger partial charge in [0.2, 0.25) is 5.91 Å². The fourth-order valence-corrected chi connectivity index (χ4v) is 2.56. The lowest BCUT2D eigenvalue weighted by atomic mass is 10.1. The smallest absolute Gasteiger partial charge is 0.223 e. The number of carbonyl (C=O) groups is 1. The van der Waals surface area contributed by atoms with E-state index in [0.29, 0.717) is 6.54 Å². The van der Waals surface area contributed by atoms with Crippen LogP contribution in [-0.2, 0) is 11.3 Å². The summed E-state index contributed by atoms with van der Waals surface area (Å²) in [7, 11) is 1.66. The van der Waals surface area contributed by atoms with E-state index in [1.807, 2.05) is 25.1 Å². The number of rotatable bonds is 4. The van der Waals surface area contributed by atoms with Crippen molar-refractivity contribution in [3.63, 3.8) is 0 Å². The summed E-state index contributed by atoms with van der Waals surface area (Å²) >= 11 is 0. The molecule has 1 aliphatic rings. The van der Waals surface area contributed by atoms with E-state index in [9.17, 15) is 4.79 Å². The Labute approximate surface area is 114 Å². The highest BCUT2D eigenvalue weighted by molar-refractivity contribution is 5.79. The Morgan fingerprint density at radius 1 is 1.47 bits per heavy atom. The topological polar surface area (TPSA) is 64.3 Å². The van der Waals surface area contributed by atoms with Gasteiger partial charge in [-0.3, -0.25) is 4.79 Å². The number of nitrogens with two attached hydrogens (primary N) is 1. The van der Waals surface area contributed by atoms with Gasteiger partial charge in [-0.15, -0.1) is 0 Å². The normalized spacial score (nSPS) is 22.3. The van der Waals surface area contributed by atoms with Crippen molar-refractivity contribution in [1.82, 2.24) is 5.32 Å². The molecule has 1 aromatic carbocycles. The number of methoxy groups -OCH3 is 1. The van der Waals surface area contributed by atoms with Gasteiger partial charge in [0, 0.05) is 18.5 Å². The number of nitrogens with one attached hydrogen (secondary N) is 1. The summed E-state index contributed by atoms with van der Waals surface area (Å²) < 4.78 is 5.28. The van der Waals surface area contributed by atoms with E-state index >= 15 is 0 Å². The second-order valence-electron chi connectivity index (χ2n) is 5.29. The summed E-state index contributed by atoms with van der Waals surface area (Å²) in [6.45, 7) is 2.54. The molecule has 1 amide bonds. The minimum Gasteiger partial charge on any atom is -0.496 e. The average molecular weight is 262 g/mol.